The molecule has 0 spiro atoms. The Balaban J connectivity index is 2.98. The normalized spacial score (nSPS) is 43.6. The van der Waals surface area contributed by atoms with Crippen LogP contribution in [0.3, 0.4) is 0 Å². The Hall–Kier alpha value is -0.290. The monoisotopic (exact) mass is 272 g/mol. The SMILES string of the molecule is CS(=O)(=O)O[C@@H]1[C@@H](O)[C@H](O)[C@@H](O)[C@H](O)[C@H]1CO. The van der Waals surface area contributed by atoms with Crippen LogP contribution in [0.5, 0.6) is 0 Å². The average molecular weight is 272 g/mol. The molecule has 6 atom stereocenters. The standard InChI is InChI=1S/C8H16O8S/c1-17(14,15)16-8-3(2-9)4(10)5(11)6(12)7(8)13/h3-13H,2H2,1H3/t3-,4-,5+,6-,7+,8+/m1/s1. The fourth-order valence-corrected chi connectivity index (χ4v) is 2.50. The molecule has 0 aromatic carbocycles. The number of aliphatic hydroxyl groups is 5. The second-order valence-electron chi connectivity index (χ2n) is 4.07. The van der Waals surface area contributed by atoms with Gasteiger partial charge in [0.15, 0.2) is 0 Å². The molecule has 5 N–H and O–H groups in total. The maximum absolute atomic E-state index is 11.0. The van der Waals surface area contributed by atoms with Crippen molar-refractivity contribution in [1.82, 2.24) is 0 Å². The van der Waals surface area contributed by atoms with Crippen LogP contribution >= 0.6 is 0 Å². The van der Waals surface area contributed by atoms with Crippen LogP contribution in [0.2, 0.25) is 0 Å². The van der Waals surface area contributed by atoms with E-state index in [9.17, 15) is 28.8 Å². The van der Waals surface area contributed by atoms with Gasteiger partial charge in [-0.15, -0.1) is 0 Å². The van der Waals surface area contributed by atoms with Crippen molar-refractivity contribution in [2.75, 3.05) is 12.9 Å². The third-order valence-electron chi connectivity index (χ3n) is 2.74. The molecule has 0 saturated heterocycles. The molecule has 1 rings (SSSR count). The lowest BCUT2D eigenvalue weighted by molar-refractivity contribution is -0.202. The third-order valence-corrected chi connectivity index (χ3v) is 3.32. The minimum atomic E-state index is -3.94. The fourth-order valence-electron chi connectivity index (χ4n) is 1.84. The second-order valence-corrected chi connectivity index (χ2v) is 5.67. The van der Waals surface area contributed by atoms with Crippen LogP contribution in [-0.2, 0) is 14.3 Å². The van der Waals surface area contributed by atoms with E-state index in [0.717, 1.165) is 6.26 Å². The molecule has 0 aliphatic heterocycles. The summed E-state index contributed by atoms with van der Waals surface area (Å²) in [6.07, 6.45) is -7.52. The van der Waals surface area contributed by atoms with E-state index in [1.54, 1.807) is 0 Å². The van der Waals surface area contributed by atoms with Crippen molar-refractivity contribution in [3.63, 3.8) is 0 Å². The number of aliphatic hydroxyl groups excluding tert-OH is 5. The van der Waals surface area contributed by atoms with Crippen LogP contribution in [-0.4, -0.2) is 77.3 Å². The van der Waals surface area contributed by atoms with Gasteiger partial charge < -0.3 is 25.5 Å². The first-order valence-corrected chi connectivity index (χ1v) is 6.72. The van der Waals surface area contributed by atoms with E-state index in [-0.39, 0.29) is 0 Å². The van der Waals surface area contributed by atoms with E-state index in [0.29, 0.717) is 0 Å². The summed E-state index contributed by atoms with van der Waals surface area (Å²) in [7, 11) is -3.94. The first-order chi connectivity index (χ1) is 7.69. The van der Waals surface area contributed by atoms with Gasteiger partial charge in [0.05, 0.1) is 19.0 Å². The summed E-state index contributed by atoms with van der Waals surface area (Å²) < 4.78 is 26.4. The summed E-state index contributed by atoms with van der Waals surface area (Å²) in [4.78, 5) is 0. The maximum Gasteiger partial charge on any atom is 0.264 e. The van der Waals surface area contributed by atoms with Crippen LogP contribution in [0, 0.1) is 5.92 Å². The molecule has 0 radical (unpaired) electrons. The number of hydrogen-bond acceptors (Lipinski definition) is 8. The molecule has 0 bridgehead atoms. The quantitative estimate of drug-likeness (QED) is 0.331. The largest absolute Gasteiger partial charge is 0.396 e. The van der Waals surface area contributed by atoms with Gasteiger partial charge in [-0.25, -0.2) is 0 Å². The summed E-state index contributed by atoms with van der Waals surface area (Å²) >= 11 is 0. The molecule has 9 heteroatoms. The molecule has 0 unspecified atom stereocenters. The van der Waals surface area contributed by atoms with Crippen molar-refractivity contribution in [3.05, 3.63) is 0 Å². The van der Waals surface area contributed by atoms with Crippen LogP contribution < -0.4 is 0 Å². The molecular formula is C8H16O8S. The van der Waals surface area contributed by atoms with E-state index in [4.69, 9.17) is 5.11 Å². The van der Waals surface area contributed by atoms with Gasteiger partial charge in [0.1, 0.15) is 24.4 Å². The molecule has 1 aliphatic rings. The van der Waals surface area contributed by atoms with Gasteiger partial charge in [-0.3, -0.25) is 4.18 Å². The van der Waals surface area contributed by atoms with E-state index in [1.807, 2.05) is 0 Å². The second kappa shape index (κ2) is 5.14. The highest BCUT2D eigenvalue weighted by Gasteiger charge is 2.50. The van der Waals surface area contributed by atoms with Crippen molar-refractivity contribution in [2.24, 2.45) is 5.92 Å². The molecule has 102 valence electrons. The molecule has 8 nitrogen and oxygen atoms in total. The predicted molar refractivity (Wildman–Crippen MR) is 54.3 cm³/mol. The van der Waals surface area contributed by atoms with Crippen molar-refractivity contribution in [2.45, 2.75) is 30.5 Å². The van der Waals surface area contributed by atoms with Crippen LogP contribution in [0.4, 0.5) is 0 Å². The maximum atomic E-state index is 11.0. The van der Waals surface area contributed by atoms with Crippen LogP contribution in [0.25, 0.3) is 0 Å². The van der Waals surface area contributed by atoms with Crippen LogP contribution in [0.1, 0.15) is 0 Å². The molecule has 0 amide bonds. The fraction of sp³-hybridized carbons (Fsp3) is 1.00. The van der Waals surface area contributed by atoms with E-state index in [2.05, 4.69) is 4.18 Å². The highest BCUT2D eigenvalue weighted by Crippen LogP contribution is 2.29. The minimum absolute atomic E-state index is 0.706. The molecule has 0 aromatic rings. The highest BCUT2D eigenvalue weighted by atomic mass is 32.2. The van der Waals surface area contributed by atoms with E-state index < -0.39 is 53.2 Å². The Morgan fingerprint density at radius 3 is 1.88 bits per heavy atom. The Labute approximate surface area is 98.2 Å². The summed E-state index contributed by atoms with van der Waals surface area (Å²) in [5.74, 6) is -1.21. The van der Waals surface area contributed by atoms with E-state index in [1.165, 1.54) is 0 Å². The van der Waals surface area contributed by atoms with Gasteiger partial charge in [-0.05, 0) is 0 Å². The minimum Gasteiger partial charge on any atom is -0.396 e. The highest BCUT2D eigenvalue weighted by molar-refractivity contribution is 7.86. The van der Waals surface area contributed by atoms with E-state index >= 15 is 0 Å². The summed E-state index contributed by atoms with van der Waals surface area (Å²) in [6, 6.07) is 0. The zero-order chi connectivity index (χ0) is 13.4. The first kappa shape index (κ1) is 14.8. The lowest BCUT2D eigenvalue weighted by Gasteiger charge is -2.42. The molecule has 17 heavy (non-hydrogen) atoms. The van der Waals surface area contributed by atoms with Gasteiger partial charge >= 0.3 is 0 Å². The zero-order valence-electron chi connectivity index (χ0n) is 9.04. The lowest BCUT2D eigenvalue weighted by Crippen LogP contribution is -2.62. The van der Waals surface area contributed by atoms with Crippen molar-refractivity contribution >= 4 is 10.1 Å². The van der Waals surface area contributed by atoms with Crippen molar-refractivity contribution < 1.29 is 38.1 Å². The topological polar surface area (TPSA) is 145 Å². The molecule has 1 saturated carbocycles. The Morgan fingerprint density at radius 2 is 1.47 bits per heavy atom. The molecule has 0 heterocycles. The molecule has 1 aliphatic carbocycles. The Morgan fingerprint density at radius 1 is 1.00 bits per heavy atom. The summed E-state index contributed by atoms with van der Waals surface area (Å²) in [5.41, 5.74) is 0. The third kappa shape index (κ3) is 3.13. The Kier molecular flexibility index (Phi) is 4.47. The van der Waals surface area contributed by atoms with Gasteiger partial charge in [-0.1, -0.05) is 0 Å². The van der Waals surface area contributed by atoms with Gasteiger partial charge in [0.25, 0.3) is 10.1 Å². The van der Waals surface area contributed by atoms with Gasteiger partial charge in [0, 0.05) is 5.92 Å². The Bertz CT molecular complexity index is 355. The number of hydrogen-bond donors (Lipinski definition) is 5. The van der Waals surface area contributed by atoms with Crippen LogP contribution in [0.15, 0.2) is 0 Å². The van der Waals surface area contributed by atoms with Gasteiger partial charge in [-0.2, -0.15) is 8.42 Å². The number of rotatable bonds is 3. The predicted octanol–water partition coefficient (Wildman–Crippen LogP) is -3.60. The first-order valence-electron chi connectivity index (χ1n) is 4.90. The van der Waals surface area contributed by atoms with Gasteiger partial charge in [0.2, 0.25) is 0 Å². The molecule has 0 aromatic heterocycles. The summed E-state index contributed by atoms with van der Waals surface area (Å²) in [6.45, 7) is -0.706. The molecule has 1 fully saturated rings. The smallest absolute Gasteiger partial charge is 0.264 e. The van der Waals surface area contributed by atoms with Crippen molar-refractivity contribution in [3.8, 4) is 0 Å². The average Bonchev–Trinajstić information content (AvgIpc) is 2.22. The van der Waals surface area contributed by atoms with Crippen molar-refractivity contribution in [1.29, 1.82) is 0 Å². The lowest BCUT2D eigenvalue weighted by atomic mass is 9.79. The zero-order valence-corrected chi connectivity index (χ0v) is 9.86. The summed E-state index contributed by atoms with van der Waals surface area (Å²) in [5, 5.41) is 46.9. The molecular weight excluding hydrogens is 256 g/mol.